The molecule has 0 unspecified atom stereocenters. The minimum atomic E-state index is -0.399. The van der Waals surface area contributed by atoms with Gasteiger partial charge in [-0.3, -0.25) is 4.79 Å². The molecule has 0 saturated heterocycles. The summed E-state index contributed by atoms with van der Waals surface area (Å²) < 4.78 is 7.20. The number of nitrogens with one attached hydrogen (secondary N) is 1. The number of carbonyl (C=O) groups excluding carboxylic acids is 1. The summed E-state index contributed by atoms with van der Waals surface area (Å²) in [5.41, 5.74) is 4.00. The van der Waals surface area contributed by atoms with E-state index in [1.807, 2.05) is 32.0 Å². The van der Waals surface area contributed by atoms with Gasteiger partial charge in [-0.25, -0.2) is 4.98 Å². The highest BCUT2D eigenvalue weighted by Crippen LogP contribution is 2.19. The van der Waals surface area contributed by atoms with E-state index in [2.05, 4.69) is 21.8 Å². The first-order valence-electron chi connectivity index (χ1n) is 8.55. The molecule has 2 aromatic heterocycles. The van der Waals surface area contributed by atoms with Crippen molar-refractivity contribution in [2.45, 2.75) is 40.3 Å². The van der Waals surface area contributed by atoms with E-state index >= 15 is 0 Å². The smallest absolute Gasteiger partial charge is 0.262 e. The lowest BCUT2D eigenvalue weighted by Crippen LogP contribution is -2.24. The van der Waals surface area contributed by atoms with E-state index in [-0.39, 0.29) is 5.57 Å². The monoisotopic (exact) mass is 352 g/mol. The van der Waals surface area contributed by atoms with E-state index in [9.17, 15) is 10.1 Å². The van der Waals surface area contributed by atoms with Gasteiger partial charge in [0.25, 0.3) is 5.91 Å². The maximum Gasteiger partial charge on any atom is 0.262 e. The molecule has 0 aliphatic rings. The maximum absolute atomic E-state index is 12.4. The number of hydrogen-bond acceptors (Lipinski definition) is 4. The number of methoxy groups -OCH3 is 1. The summed E-state index contributed by atoms with van der Waals surface area (Å²) in [6, 6.07) is 7.55. The number of rotatable bonds is 7. The SMILES string of the molecule is CCCn1c(C)cc(/C=C(\C#N)C(=O)NCc2ccc(OC)nc2)c1C. The summed E-state index contributed by atoms with van der Waals surface area (Å²) in [4.78, 5) is 16.4. The lowest BCUT2D eigenvalue weighted by molar-refractivity contribution is -0.117. The van der Waals surface area contributed by atoms with E-state index in [1.54, 1.807) is 25.4 Å². The second-order valence-electron chi connectivity index (χ2n) is 6.04. The first-order valence-corrected chi connectivity index (χ1v) is 8.55. The van der Waals surface area contributed by atoms with Crippen molar-refractivity contribution in [1.29, 1.82) is 5.26 Å². The third-order valence-electron chi connectivity index (χ3n) is 4.18. The molecule has 0 saturated carbocycles. The molecular formula is C20H24N4O2. The second kappa shape index (κ2) is 8.86. The molecule has 0 spiro atoms. The number of amides is 1. The van der Waals surface area contributed by atoms with Gasteiger partial charge in [-0.1, -0.05) is 13.0 Å². The number of nitriles is 1. The molecule has 6 heteroatoms. The van der Waals surface area contributed by atoms with Gasteiger partial charge in [-0.05, 0) is 43.5 Å². The van der Waals surface area contributed by atoms with Crippen molar-refractivity contribution in [3.05, 3.63) is 52.5 Å². The van der Waals surface area contributed by atoms with Crippen LogP contribution in [0, 0.1) is 25.2 Å². The molecule has 2 rings (SSSR count). The molecule has 0 radical (unpaired) electrons. The average Bonchev–Trinajstić information content (AvgIpc) is 2.92. The summed E-state index contributed by atoms with van der Waals surface area (Å²) in [5.74, 6) is 0.115. The van der Waals surface area contributed by atoms with Crippen LogP contribution in [0.15, 0.2) is 30.0 Å². The van der Waals surface area contributed by atoms with E-state index in [0.717, 1.165) is 35.5 Å². The van der Waals surface area contributed by atoms with Crippen molar-refractivity contribution in [1.82, 2.24) is 14.9 Å². The van der Waals surface area contributed by atoms with Gasteiger partial charge in [-0.15, -0.1) is 0 Å². The van der Waals surface area contributed by atoms with Gasteiger partial charge in [0, 0.05) is 36.7 Å². The van der Waals surface area contributed by atoms with Crippen molar-refractivity contribution in [3.63, 3.8) is 0 Å². The maximum atomic E-state index is 12.4. The van der Waals surface area contributed by atoms with Crippen LogP contribution in [-0.2, 0) is 17.9 Å². The van der Waals surface area contributed by atoms with Crippen molar-refractivity contribution in [2.75, 3.05) is 7.11 Å². The number of ether oxygens (including phenoxy) is 1. The van der Waals surface area contributed by atoms with Crippen molar-refractivity contribution in [2.24, 2.45) is 0 Å². The Labute approximate surface area is 154 Å². The normalized spacial score (nSPS) is 11.1. The van der Waals surface area contributed by atoms with E-state index in [0.29, 0.717) is 12.4 Å². The molecule has 0 aliphatic carbocycles. The predicted molar refractivity (Wildman–Crippen MR) is 100 cm³/mol. The summed E-state index contributed by atoms with van der Waals surface area (Å²) in [5, 5.41) is 12.1. The van der Waals surface area contributed by atoms with Crippen LogP contribution in [0.4, 0.5) is 0 Å². The van der Waals surface area contributed by atoms with Crippen LogP contribution in [0.1, 0.15) is 35.9 Å². The Balaban J connectivity index is 2.11. The summed E-state index contributed by atoms with van der Waals surface area (Å²) in [6.45, 7) is 7.37. The molecule has 136 valence electrons. The third kappa shape index (κ3) is 4.51. The summed E-state index contributed by atoms with van der Waals surface area (Å²) in [7, 11) is 1.55. The lowest BCUT2D eigenvalue weighted by atomic mass is 10.1. The van der Waals surface area contributed by atoms with Gasteiger partial charge in [0.15, 0.2) is 0 Å². The minimum absolute atomic E-state index is 0.0863. The van der Waals surface area contributed by atoms with Crippen LogP contribution in [-0.4, -0.2) is 22.6 Å². The quantitative estimate of drug-likeness (QED) is 0.613. The highest BCUT2D eigenvalue weighted by atomic mass is 16.5. The molecule has 26 heavy (non-hydrogen) atoms. The van der Waals surface area contributed by atoms with E-state index in [4.69, 9.17) is 4.74 Å². The molecule has 1 N–H and O–H groups in total. The van der Waals surface area contributed by atoms with E-state index in [1.165, 1.54) is 0 Å². The van der Waals surface area contributed by atoms with Crippen LogP contribution in [0.3, 0.4) is 0 Å². The lowest BCUT2D eigenvalue weighted by Gasteiger charge is -2.07. The Morgan fingerprint density at radius 3 is 2.77 bits per heavy atom. The summed E-state index contributed by atoms with van der Waals surface area (Å²) >= 11 is 0. The van der Waals surface area contributed by atoms with Gasteiger partial charge >= 0.3 is 0 Å². The molecule has 0 atom stereocenters. The zero-order valence-electron chi connectivity index (χ0n) is 15.7. The molecule has 2 aromatic rings. The fourth-order valence-electron chi connectivity index (χ4n) is 2.76. The van der Waals surface area contributed by atoms with Gasteiger partial charge in [-0.2, -0.15) is 5.26 Å². The van der Waals surface area contributed by atoms with E-state index < -0.39 is 5.91 Å². The molecule has 0 bridgehead atoms. The minimum Gasteiger partial charge on any atom is -0.481 e. The molecule has 6 nitrogen and oxygen atoms in total. The molecule has 1 amide bonds. The van der Waals surface area contributed by atoms with Crippen molar-refractivity contribution >= 4 is 12.0 Å². The number of aromatic nitrogens is 2. The Morgan fingerprint density at radius 1 is 1.42 bits per heavy atom. The van der Waals surface area contributed by atoms with Crippen molar-refractivity contribution < 1.29 is 9.53 Å². The second-order valence-corrected chi connectivity index (χ2v) is 6.04. The number of aryl methyl sites for hydroxylation is 1. The van der Waals surface area contributed by atoms with Gasteiger partial charge < -0.3 is 14.6 Å². The van der Waals surface area contributed by atoms with Crippen LogP contribution < -0.4 is 10.1 Å². The molecule has 2 heterocycles. The first-order chi connectivity index (χ1) is 12.5. The van der Waals surface area contributed by atoms with Crippen molar-refractivity contribution in [3.8, 4) is 11.9 Å². The van der Waals surface area contributed by atoms with Gasteiger partial charge in [0.1, 0.15) is 11.6 Å². The highest BCUT2D eigenvalue weighted by molar-refractivity contribution is 6.01. The molecular weight excluding hydrogens is 328 g/mol. The molecule has 0 fully saturated rings. The topological polar surface area (TPSA) is 79.9 Å². The van der Waals surface area contributed by atoms with Gasteiger partial charge in [0.05, 0.1) is 7.11 Å². The predicted octanol–water partition coefficient (Wildman–Crippen LogP) is 3.14. The summed E-state index contributed by atoms with van der Waals surface area (Å²) in [6.07, 6.45) is 4.31. The van der Waals surface area contributed by atoms with Crippen LogP contribution in [0.2, 0.25) is 0 Å². The largest absolute Gasteiger partial charge is 0.481 e. The Hall–Kier alpha value is -3.07. The zero-order valence-corrected chi connectivity index (χ0v) is 15.7. The number of pyridine rings is 1. The Bertz CT molecular complexity index is 842. The van der Waals surface area contributed by atoms with Crippen LogP contribution >= 0.6 is 0 Å². The first kappa shape index (κ1) is 19.3. The van der Waals surface area contributed by atoms with Crippen LogP contribution in [0.25, 0.3) is 6.08 Å². The number of hydrogen-bond donors (Lipinski definition) is 1. The number of carbonyl (C=O) groups is 1. The molecule has 0 aliphatic heterocycles. The molecule has 0 aromatic carbocycles. The Kier molecular flexibility index (Phi) is 6.56. The standard InChI is InChI=1S/C20H24N4O2/c1-5-8-24-14(2)9-17(15(24)3)10-18(11-21)20(25)23-13-16-6-7-19(26-4)22-12-16/h6-7,9-10,12H,5,8,13H2,1-4H3,(H,23,25)/b18-10+. The Morgan fingerprint density at radius 2 is 2.19 bits per heavy atom. The zero-order chi connectivity index (χ0) is 19.1. The highest BCUT2D eigenvalue weighted by Gasteiger charge is 2.12. The van der Waals surface area contributed by atoms with Gasteiger partial charge in [0.2, 0.25) is 5.88 Å². The fraction of sp³-hybridized carbons (Fsp3) is 0.350. The fourth-order valence-corrected chi connectivity index (χ4v) is 2.76. The average molecular weight is 352 g/mol. The third-order valence-corrected chi connectivity index (χ3v) is 4.18. The number of nitrogens with zero attached hydrogens (tertiary/aromatic N) is 3. The van der Waals surface area contributed by atoms with Crippen LogP contribution in [0.5, 0.6) is 5.88 Å².